The van der Waals surface area contributed by atoms with E-state index in [1.165, 1.54) is 0 Å². The molecule has 0 spiro atoms. The largest absolute Gasteiger partial charge is 0.353 e. The summed E-state index contributed by atoms with van der Waals surface area (Å²) in [6, 6.07) is 12.6. The van der Waals surface area contributed by atoms with Crippen LogP contribution < -0.4 is 5.32 Å². The third kappa shape index (κ3) is 3.93. The highest BCUT2D eigenvalue weighted by Crippen LogP contribution is 2.37. The van der Waals surface area contributed by atoms with E-state index >= 15 is 0 Å². The number of aromatic nitrogens is 1. The summed E-state index contributed by atoms with van der Waals surface area (Å²) in [5.41, 5.74) is 2.75. The topological polar surface area (TPSA) is 62.3 Å². The lowest BCUT2D eigenvalue weighted by Crippen LogP contribution is -2.46. The third-order valence-corrected chi connectivity index (χ3v) is 5.87. The number of amides is 2. The Morgan fingerprint density at radius 3 is 2.75 bits per heavy atom. The van der Waals surface area contributed by atoms with Gasteiger partial charge in [0.1, 0.15) is 0 Å². The summed E-state index contributed by atoms with van der Waals surface area (Å²) in [7, 11) is 0. The first-order chi connectivity index (χ1) is 13.6. The molecule has 5 heteroatoms. The number of nitrogens with one attached hydrogen (secondary N) is 1. The molecule has 1 N–H and O–H groups in total. The Morgan fingerprint density at radius 2 is 2.04 bits per heavy atom. The summed E-state index contributed by atoms with van der Waals surface area (Å²) < 4.78 is 0. The summed E-state index contributed by atoms with van der Waals surface area (Å²) in [5.74, 6) is 0.235. The van der Waals surface area contributed by atoms with Crippen molar-refractivity contribution in [3.63, 3.8) is 0 Å². The number of hydrogen-bond acceptors (Lipinski definition) is 3. The quantitative estimate of drug-likeness (QED) is 0.841. The molecule has 2 fully saturated rings. The monoisotopic (exact) mass is 377 g/mol. The van der Waals surface area contributed by atoms with Gasteiger partial charge in [-0.2, -0.15) is 0 Å². The first-order valence-electron chi connectivity index (χ1n) is 10.2. The maximum atomic E-state index is 13.2. The third-order valence-electron chi connectivity index (χ3n) is 5.87. The molecule has 2 heterocycles. The Morgan fingerprint density at radius 1 is 1.21 bits per heavy atom. The molecule has 2 aliphatic rings. The predicted molar refractivity (Wildman–Crippen MR) is 108 cm³/mol. The molecule has 4 rings (SSSR count). The van der Waals surface area contributed by atoms with Gasteiger partial charge in [-0.1, -0.05) is 37.3 Å². The first-order valence-corrected chi connectivity index (χ1v) is 10.2. The van der Waals surface area contributed by atoms with Crippen molar-refractivity contribution in [2.45, 2.75) is 45.1 Å². The van der Waals surface area contributed by atoms with E-state index < -0.39 is 5.41 Å². The number of carbonyl (C=O) groups is 2. The minimum atomic E-state index is -0.541. The van der Waals surface area contributed by atoms with E-state index in [0.717, 1.165) is 29.5 Å². The molecular formula is C23H27N3O2. The molecule has 1 unspecified atom stereocenters. The van der Waals surface area contributed by atoms with Crippen molar-refractivity contribution in [3.05, 3.63) is 54.4 Å². The lowest BCUT2D eigenvalue weighted by molar-refractivity contribution is -0.133. The highest BCUT2D eigenvalue weighted by Gasteiger charge is 2.46. The van der Waals surface area contributed by atoms with E-state index in [4.69, 9.17) is 0 Å². The number of likely N-dealkylation sites (tertiary alicyclic amines) is 1. The molecule has 1 saturated carbocycles. The zero-order chi connectivity index (χ0) is 19.6. The average molecular weight is 377 g/mol. The number of pyridine rings is 1. The van der Waals surface area contributed by atoms with Crippen LogP contribution in [0.4, 0.5) is 0 Å². The molecule has 2 aromatic rings. The minimum absolute atomic E-state index is 0.105. The van der Waals surface area contributed by atoms with Gasteiger partial charge in [-0.15, -0.1) is 0 Å². The first kappa shape index (κ1) is 18.7. The standard InChI is InChI=1S/C23H27N3O2/c1-2-21(27)26-12-10-23(16-26,22(28)25-20-8-9-20)14-17-5-3-6-18(13-17)19-7-4-11-24-15-19/h3-7,11,13,15,20H,2,8-10,12,14,16H2,1H3,(H,25,28). The van der Waals surface area contributed by atoms with Crippen molar-refractivity contribution < 1.29 is 9.59 Å². The van der Waals surface area contributed by atoms with Gasteiger partial charge in [-0.3, -0.25) is 14.6 Å². The second-order valence-corrected chi connectivity index (χ2v) is 8.07. The summed E-state index contributed by atoms with van der Waals surface area (Å²) >= 11 is 0. The van der Waals surface area contributed by atoms with Crippen molar-refractivity contribution in [2.75, 3.05) is 13.1 Å². The van der Waals surface area contributed by atoms with E-state index in [0.29, 0.717) is 38.4 Å². The summed E-state index contributed by atoms with van der Waals surface area (Å²) in [4.78, 5) is 31.5. The van der Waals surface area contributed by atoms with Crippen LogP contribution in [0.2, 0.25) is 0 Å². The number of nitrogens with zero attached hydrogens (tertiary/aromatic N) is 2. The normalized spacial score (nSPS) is 21.5. The van der Waals surface area contributed by atoms with Crippen molar-refractivity contribution >= 4 is 11.8 Å². The second kappa shape index (κ2) is 7.74. The van der Waals surface area contributed by atoms with Crippen molar-refractivity contribution in [1.29, 1.82) is 0 Å². The van der Waals surface area contributed by atoms with Gasteiger partial charge in [-0.25, -0.2) is 0 Å². The van der Waals surface area contributed by atoms with Crippen molar-refractivity contribution in [2.24, 2.45) is 5.41 Å². The van der Waals surface area contributed by atoms with Crippen LogP contribution in [0.3, 0.4) is 0 Å². The SMILES string of the molecule is CCC(=O)N1CCC(Cc2cccc(-c3cccnc3)c2)(C(=O)NC2CC2)C1. The number of benzene rings is 1. The lowest BCUT2D eigenvalue weighted by atomic mass is 9.79. The highest BCUT2D eigenvalue weighted by atomic mass is 16.2. The van der Waals surface area contributed by atoms with E-state index in [2.05, 4.69) is 28.5 Å². The van der Waals surface area contributed by atoms with Gasteiger partial charge in [0.05, 0.1) is 5.41 Å². The van der Waals surface area contributed by atoms with Gasteiger partial charge in [0, 0.05) is 37.9 Å². The molecule has 1 aromatic heterocycles. The molecule has 1 aliphatic carbocycles. The summed E-state index contributed by atoms with van der Waals surface area (Å²) in [6.45, 7) is 3.05. The summed E-state index contributed by atoms with van der Waals surface area (Å²) in [6.07, 6.45) is 7.60. The van der Waals surface area contributed by atoms with Gasteiger partial charge in [0.15, 0.2) is 0 Å². The van der Waals surface area contributed by atoms with Crippen LogP contribution in [0.25, 0.3) is 11.1 Å². The van der Waals surface area contributed by atoms with E-state index in [-0.39, 0.29) is 11.8 Å². The Bertz CT molecular complexity index is 863. The van der Waals surface area contributed by atoms with Gasteiger partial charge in [-0.05, 0) is 48.4 Å². The van der Waals surface area contributed by atoms with E-state index in [9.17, 15) is 9.59 Å². The van der Waals surface area contributed by atoms with Crippen LogP contribution >= 0.6 is 0 Å². The van der Waals surface area contributed by atoms with Crippen LogP contribution in [0.15, 0.2) is 48.8 Å². The molecule has 0 bridgehead atoms. The second-order valence-electron chi connectivity index (χ2n) is 8.07. The Kier molecular flexibility index (Phi) is 5.16. The molecule has 1 atom stereocenters. The molecule has 1 aromatic carbocycles. The smallest absolute Gasteiger partial charge is 0.228 e. The maximum absolute atomic E-state index is 13.2. The summed E-state index contributed by atoms with van der Waals surface area (Å²) in [5, 5.41) is 3.19. The Labute approximate surface area is 166 Å². The van der Waals surface area contributed by atoms with Crippen LogP contribution in [0.5, 0.6) is 0 Å². The van der Waals surface area contributed by atoms with Gasteiger partial charge in [0.2, 0.25) is 11.8 Å². The number of rotatable bonds is 6. The number of carbonyl (C=O) groups excluding carboxylic acids is 2. The molecule has 1 aliphatic heterocycles. The van der Waals surface area contributed by atoms with E-state index in [1.807, 2.05) is 36.2 Å². The Balaban J connectivity index is 1.59. The van der Waals surface area contributed by atoms with Gasteiger partial charge >= 0.3 is 0 Å². The lowest BCUT2D eigenvalue weighted by Gasteiger charge is -2.28. The fourth-order valence-corrected chi connectivity index (χ4v) is 4.07. The Hall–Kier alpha value is -2.69. The molecule has 0 radical (unpaired) electrons. The number of hydrogen-bond donors (Lipinski definition) is 1. The zero-order valence-electron chi connectivity index (χ0n) is 16.4. The predicted octanol–water partition coefficient (Wildman–Crippen LogP) is 3.20. The molecule has 28 heavy (non-hydrogen) atoms. The molecule has 5 nitrogen and oxygen atoms in total. The van der Waals surface area contributed by atoms with Crippen LogP contribution in [0, 0.1) is 5.41 Å². The minimum Gasteiger partial charge on any atom is -0.353 e. The molecule has 1 saturated heterocycles. The van der Waals surface area contributed by atoms with E-state index in [1.54, 1.807) is 6.20 Å². The molecule has 2 amide bonds. The van der Waals surface area contributed by atoms with Crippen molar-refractivity contribution in [1.82, 2.24) is 15.2 Å². The highest BCUT2D eigenvalue weighted by molar-refractivity contribution is 5.86. The van der Waals surface area contributed by atoms with Gasteiger partial charge in [0.25, 0.3) is 0 Å². The fraction of sp³-hybridized carbons (Fsp3) is 0.435. The fourth-order valence-electron chi connectivity index (χ4n) is 4.07. The van der Waals surface area contributed by atoms with Crippen molar-refractivity contribution in [3.8, 4) is 11.1 Å². The molecule has 146 valence electrons. The van der Waals surface area contributed by atoms with Crippen LogP contribution in [-0.4, -0.2) is 40.8 Å². The van der Waals surface area contributed by atoms with Gasteiger partial charge < -0.3 is 10.2 Å². The average Bonchev–Trinajstić information content (AvgIpc) is 3.44. The zero-order valence-corrected chi connectivity index (χ0v) is 16.4. The maximum Gasteiger partial charge on any atom is 0.228 e. The van der Waals surface area contributed by atoms with Crippen LogP contribution in [-0.2, 0) is 16.0 Å². The molecular weight excluding hydrogens is 350 g/mol. The van der Waals surface area contributed by atoms with Crippen LogP contribution in [0.1, 0.15) is 38.2 Å².